The molecule has 1 saturated heterocycles. The summed E-state index contributed by atoms with van der Waals surface area (Å²) < 4.78 is 60.9. The molecular weight excluding hydrogens is 420 g/mol. The van der Waals surface area contributed by atoms with Crippen molar-refractivity contribution in [3.63, 3.8) is 0 Å². The van der Waals surface area contributed by atoms with E-state index >= 15 is 0 Å². The fourth-order valence-corrected chi connectivity index (χ4v) is 3.94. The molecule has 2 heterocycles. The van der Waals surface area contributed by atoms with Crippen LogP contribution in [0.15, 0.2) is 24.3 Å². The molecule has 1 fully saturated rings. The van der Waals surface area contributed by atoms with Crippen molar-refractivity contribution in [1.82, 2.24) is 0 Å². The number of aliphatic hydroxyl groups is 2. The molecule has 0 aromatic heterocycles. The lowest BCUT2D eigenvalue weighted by molar-refractivity contribution is -0.116. The molecule has 2 aliphatic heterocycles. The van der Waals surface area contributed by atoms with Crippen molar-refractivity contribution in [2.45, 2.75) is 31.0 Å². The quantitative estimate of drug-likeness (QED) is 0.637. The van der Waals surface area contributed by atoms with Crippen molar-refractivity contribution >= 4 is 17.3 Å². The lowest BCUT2D eigenvalue weighted by Gasteiger charge is -2.42. The lowest BCUT2D eigenvalue weighted by Crippen LogP contribution is -2.58. The number of carbonyl (C=O) groups is 1. The van der Waals surface area contributed by atoms with Crippen LogP contribution in [0.4, 0.5) is 28.9 Å². The first-order valence-corrected chi connectivity index (χ1v) is 9.72. The first-order valence-electron chi connectivity index (χ1n) is 9.72. The highest BCUT2D eigenvalue weighted by Gasteiger charge is 2.43. The van der Waals surface area contributed by atoms with Gasteiger partial charge in [0.25, 0.3) is 0 Å². The van der Waals surface area contributed by atoms with E-state index in [9.17, 15) is 32.6 Å². The smallest absolute Gasteiger partial charge is 0.224 e. The molecule has 0 bridgehead atoms. The Balaban J connectivity index is 1.48. The van der Waals surface area contributed by atoms with Gasteiger partial charge in [-0.05, 0) is 25.0 Å². The number of nitrogens with zero attached hydrogens (tertiary/aromatic N) is 1. The third kappa shape index (κ3) is 4.05. The minimum absolute atomic E-state index is 0.0199. The van der Waals surface area contributed by atoms with Gasteiger partial charge in [0.05, 0.1) is 5.69 Å². The Hall–Kier alpha value is -2.85. The zero-order chi connectivity index (χ0) is 22.3. The van der Waals surface area contributed by atoms with Crippen LogP contribution in [0.1, 0.15) is 18.4 Å². The average molecular weight is 440 g/mol. The highest BCUT2D eigenvalue weighted by atomic mass is 19.1. The van der Waals surface area contributed by atoms with Gasteiger partial charge in [0.2, 0.25) is 5.91 Å². The number of fused-ring (bicyclic) bond motifs is 1. The van der Waals surface area contributed by atoms with Gasteiger partial charge in [-0.15, -0.1) is 0 Å². The molecule has 3 N–H and O–H groups in total. The molecule has 1 amide bonds. The van der Waals surface area contributed by atoms with Crippen LogP contribution in [0.25, 0.3) is 0 Å². The third-order valence-electron chi connectivity index (χ3n) is 5.69. The number of β-amino-alcohol motifs (C(OH)–C–C–N with tert-alkyl or cyclic N) is 1. The van der Waals surface area contributed by atoms with E-state index in [0.29, 0.717) is 17.7 Å². The largest absolute Gasteiger partial charge is 0.490 e. The first kappa shape index (κ1) is 21.4. The monoisotopic (exact) mass is 440 g/mol. The molecule has 6 nitrogen and oxygen atoms in total. The zero-order valence-electron chi connectivity index (χ0n) is 16.3. The average Bonchev–Trinajstić information content (AvgIpc) is 2.70. The second-order valence-electron chi connectivity index (χ2n) is 7.77. The molecule has 2 aliphatic rings. The van der Waals surface area contributed by atoms with Crippen molar-refractivity contribution in [3.05, 3.63) is 53.1 Å². The van der Waals surface area contributed by atoms with Crippen LogP contribution in [0.5, 0.6) is 5.75 Å². The molecular formula is C21H20F4N2O4. The number of benzene rings is 2. The molecule has 4 rings (SSSR count). The van der Waals surface area contributed by atoms with Gasteiger partial charge in [0.15, 0.2) is 11.6 Å². The van der Waals surface area contributed by atoms with E-state index < -0.39 is 40.7 Å². The SMILES string of the molecule is O=C1CCc2c(OC[C@]3(O)CCN(c4c(F)cc(F)cc4F)C[C@H]3O)ccc(F)c2N1. The van der Waals surface area contributed by atoms with Crippen LogP contribution in [0, 0.1) is 23.3 Å². The number of aliphatic hydroxyl groups excluding tert-OH is 1. The van der Waals surface area contributed by atoms with Gasteiger partial charge >= 0.3 is 0 Å². The number of rotatable bonds is 4. The standard InChI is InChI=1S/C21H20F4N2O4/c22-11-7-14(24)20(15(25)8-11)27-6-5-21(30,17(28)9-27)10-31-16-3-2-13(23)19-12(16)1-4-18(29)26-19/h2-3,7-8,17,28,30H,1,4-6,9-10H2,(H,26,29)/t17-,21-/m1/s1. The van der Waals surface area contributed by atoms with E-state index in [4.69, 9.17) is 4.74 Å². The number of halogens is 4. The van der Waals surface area contributed by atoms with Crippen LogP contribution < -0.4 is 15.0 Å². The van der Waals surface area contributed by atoms with E-state index in [2.05, 4.69) is 5.32 Å². The maximum absolute atomic E-state index is 14.1. The molecule has 0 aliphatic carbocycles. The van der Waals surface area contributed by atoms with E-state index in [0.717, 1.165) is 6.07 Å². The highest BCUT2D eigenvalue weighted by molar-refractivity contribution is 5.94. The van der Waals surface area contributed by atoms with Gasteiger partial charge in [-0.1, -0.05) is 0 Å². The number of anilines is 2. The predicted octanol–water partition coefficient (Wildman–Crippen LogP) is 2.51. The number of hydrogen-bond donors (Lipinski definition) is 3. The molecule has 31 heavy (non-hydrogen) atoms. The van der Waals surface area contributed by atoms with E-state index in [1.54, 1.807) is 0 Å². The summed E-state index contributed by atoms with van der Waals surface area (Å²) in [7, 11) is 0. The summed E-state index contributed by atoms with van der Waals surface area (Å²) in [6.07, 6.45) is -1.11. The maximum atomic E-state index is 14.1. The Morgan fingerprint density at radius 1 is 1.13 bits per heavy atom. The Morgan fingerprint density at radius 2 is 1.84 bits per heavy atom. The topological polar surface area (TPSA) is 82.0 Å². The van der Waals surface area contributed by atoms with E-state index in [1.165, 1.54) is 11.0 Å². The van der Waals surface area contributed by atoms with E-state index in [1.807, 2.05) is 0 Å². The molecule has 0 spiro atoms. The molecule has 0 radical (unpaired) electrons. The van der Waals surface area contributed by atoms with Crippen LogP contribution >= 0.6 is 0 Å². The predicted molar refractivity (Wildman–Crippen MR) is 103 cm³/mol. The Bertz CT molecular complexity index is 1010. The fourth-order valence-electron chi connectivity index (χ4n) is 3.94. The van der Waals surface area contributed by atoms with Crippen LogP contribution in [0.3, 0.4) is 0 Å². The maximum Gasteiger partial charge on any atom is 0.224 e. The summed E-state index contributed by atoms with van der Waals surface area (Å²) in [4.78, 5) is 12.7. The van der Waals surface area contributed by atoms with Gasteiger partial charge in [-0.2, -0.15) is 0 Å². The zero-order valence-corrected chi connectivity index (χ0v) is 16.3. The molecule has 166 valence electrons. The second-order valence-corrected chi connectivity index (χ2v) is 7.77. The van der Waals surface area contributed by atoms with E-state index in [-0.39, 0.29) is 56.3 Å². The first-order chi connectivity index (χ1) is 14.7. The van der Waals surface area contributed by atoms with Gasteiger partial charge in [0, 0.05) is 37.2 Å². The van der Waals surface area contributed by atoms with Crippen molar-refractivity contribution in [3.8, 4) is 5.75 Å². The van der Waals surface area contributed by atoms with Gasteiger partial charge in [0.1, 0.15) is 41.4 Å². The summed E-state index contributed by atoms with van der Waals surface area (Å²) in [5, 5.41) is 23.8. The van der Waals surface area contributed by atoms with Crippen molar-refractivity contribution in [2.24, 2.45) is 0 Å². The van der Waals surface area contributed by atoms with Crippen LogP contribution in [-0.2, 0) is 11.2 Å². The third-order valence-corrected chi connectivity index (χ3v) is 5.69. The normalized spacial score (nSPS) is 23.4. The number of carbonyl (C=O) groups excluding carboxylic acids is 1. The van der Waals surface area contributed by atoms with Gasteiger partial charge < -0.3 is 25.2 Å². The number of nitrogens with one attached hydrogen (secondary N) is 1. The number of hydrogen-bond acceptors (Lipinski definition) is 5. The second kappa shape index (κ2) is 8.01. The molecule has 0 unspecified atom stereocenters. The summed E-state index contributed by atoms with van der Waals surface area (Å²) in [5.74, 6) is -3.93. The molecule has 2 aromatic carbocycles. The van der Waals surface area contributed by atoms with Crippen LogP contribution in [0.2, 0.25) is 0 Å². The molecule has 10 heteroatoms. The van der Waals surface area contributed by atoms with Crippen molar-refractivity contribution in [1.29, 1.82) is 0 Å². The summed E-state index contributed by atoms with van der Waals surface area (Å²) in [5.41, 5.74) is -1.74. The summed E-state index contributed by atoms with van der Waals surface area (Å²) in [6, 6.07) is 3.60. The van der Waals surface area contributed by atoms with Gasteiger partial charge in [-0.3, -0.25) is 4.79 Å². The number of amides is 1. The van der Waals surface area contributed by atoms with Crippen molar-refractivity contribution < 1.29 is 37.3 Å². The minimum Gasteiger partial charge on any atom is -0.490 e. The minimum atomic E-state index is -1.73. The number of ether oxygens (including phenoxy) is 1. The highest BCUT2D eigenvalue weighted by Crippen LogP contribution is 2.35. The van der Waals surface area contributed by atoms with Crippen LogP contribution in [-0.4, -0.2) is 47.5 Å². The molecule has 2 atom stereocenters. The van der Waals surface area contributed by atoms with Gasteiger partial charge in [-0.25, -0.2) is 17.6 Å². The Kier molecular flexibility index (Phi) is 5.52. The molecule has 2 aromatic rings. The van der Waals surface area contributed by atoms with Crippen molar-refractivity contribution in [2.75, 3.05) is 29.9 Å². The summed E-state index contributed by atoms with van der Waals surface area (Å²) in [6.45, 7) is -0.687. The fraction of sp³-hybridized carbons (Fsp3) is 0.381. The summed E-state index contributed by atoms with van der Waals surface area (Å²) >= 11 is 0. The lowest BCUT2D eigenvalue weighted by atomic mass is 9.89. The Morgan fingerprint density at radius 3 is 2.52 bits per heavy atom. The molecule has 0 saturated carbocycles. The number of piperidine rings is 1. The Labute approximate surface area is 175 Å².